The van der Waals surface area contributed by atoms with E-state index in [1.807, 2.05) is 25.1 Å². The number of hydrogen-bond acceptors (Lipinski definition) is 3. The molecule has 0 heterocycles. The average Bonchev–Trinajstić information content (AvgIpc) is 2.53. The fraction of sp³-hybridized carbons (Fsp3) is 0.368. The normalized spacial score (nSPS) is 12.2. The molecule has 3 N–H and O–H groups in total. The van der Waals surface area contributed by atoms with Crippen LogP contribution < -0.4 is 10.5 Å². The molecule has 0 fully saturated rings. The zero-order valence-electron chi connectivity index (χ0n) is 13.6. The van der Waals surface area contributed by atoms with Crippen molar-refractivity contribution in [2.45, 2.75) is 39.7 Å². The molecule has 3 nitrogen and oxygen atoms in total. The molecule has 0 aromatic heterocycles. The van der Waals surface area contributed by atoms with Crippen molar-refractivity contribution in [3.63, 3.8) is 0 Å². The summed E-state index contributed by atoms with van der Waals surface area (Å²) in [5, 5.41) is 10.5. The number of ether oxygens (including phenoxy) is 1. The van der Waals surface area contributed by atoms with Gasteiger partial charge in [-0.1, -0.05) is 38.1 Å². The van der Waals surface area contributed by atoms with Crippen molar-refractivity contribution in [1.82, 2.24) is 0 Å². The van der Waals surface area contributed by atoms with Gasteiger partial charge in [-0.05, 0) is 54.2 Å². The van der Waals surface area contributed by atoms with Crippen molar-refractivity contribution in [3.05, 3.63) is 58.7 Å². The minimum Gasteiger partial charge on any atom is -0.488 e. The lowest BCUT2D eigenvalue weighted by molar-refractivity contribution is 0.108. The van der Waals surface area contributed by atoms with Crippen molar-refractivity contribution in [1.29, 1.82) is 0 Å². The molecule has 0 radical (unpaired) electrons. The van der Waals surface area contributed by atoms with Crippen LogP contribution in [0.3, 0.4) is 0 Å². The monoisotopic (exact) mass is 299 g/mol. The highest BCUT2D eigenvalue weighted by Gasteiger charge is 2.14. The van der Waals surface area contributed by atoms with Gasteiger partial charge < -0.3 is 15.6 Å². The maximum atomic E-state index is 10.5. The number of rotatable bonds is 6. The Hall–Kier alpha value is -2.00. The first kappa shape index (κ1) is 16.4. The van der Waals surface area contributed by atoms with Gasteiger partial charge in [0.25, 0.3) is 0 Å². The molecule has 0 aliphatic carbocycles. The van der Waals surface area contributed by atoms with Crippen LogP contribution in [0.1, 0.15) is 42.2 Å². The maximum absolute atomic E-state index is 10.5. The van der Waals surface area contributed by atoms with E-state index in [9.17, 15) is 5.11 Å². The molecule has 22 heavy (non-hydrogen) atoms. The van der Waals surface area contributed by atoms with Gasteiger partial charge >= 0.3 is 0 Å². The molecule has 3 heteroatoms. The van der Waals surface area contributed by atoms with Crippen LogP contribution in [0, 0.1) is 6.92 Å². The number of benzene rings is 2. The zero-order chi connectivity index (χ0) is 16.1. The quantitative estimate of drug-likeness (QED) is 0.797. The third-order valence-electron chi connectivity index (χ3n) is 3.92. The van der Waals surface area contributed by atoms with Crippen LogP contribution >= 0.6 is 0 Å². The molecule has 2 aromatic carbocycles. The number of aryl methyl sites for hydroxylation is 3. The first-order valence-electron chi connectivity index (χ1n) is 7.83. The molecule has 0 amide bonds. The van der Waals surface area contributed by atoms with Crippen molar-refractivity contribution >= 4 is 5.69 Å². The Morgan fingerprint density at radius 2 is 1.86 bits per heavy atom. The molecular weight excluding hydrogens is 274 g/mol. The summed E-state index contributed by atoms with van der Waals surface area (Å²) in [6.45, 7) is 6.39. The summed E-state index contributed by atoms with van der Waals surface area (Å²) in [7, 11) is 0. The van der Waals surface area contributed by atoms with Crippen molar-refractivity contribution in [2.24, 2.45) is 0 Å². The van der Waals surface area contributed by atoms with Gasteiger partial charge in [0.15, 0.2) is 0 Å². The highest BCUT2D eigenvalue weighted by Crippen LogP contribution is 2.26. The highest BCUT2D eigenvalue weighted by molar-refractivity contribution is 5.54. The predicted octanol–water partition coefficient (Wildman–Crippen LogP) is 3.81. The van der Waals surface area contributed by atoms with Crippen molar-refractivity contribution in [3.8, 4) is 5.75 Å². The van der Waals surface area contributed by atoms with Gasteiger partial charge in [0.2, 0.25) is 0 Å². The van der Waals surface area contributed by atoms with Crippen LogP contribution in [0.2, 0.25) is 0 Å². The number of aliphatic hydroxyl groups excluding tert-OH is 1. The number of hydrogen-bond donors (Lipinski definition) is 2. The summed E-state index contributed by atoms with van der Waals surface area (Å²) in [6.07, 6.45) is 1.19. The van der Waals surface area contributed by atoms with Gasteiger partial charge in [0, 0.05) is 0 Å². The van der Waals surface area contributed by atoms with E-state index in [4.69, 9.17) is 10.5 Å². The largest absolute Gasteiger partial charge is 0.488 e. The molecule has 0 spiro atoms. The van der Waals surface area contributed by atoms with E-state index in [-0.39, 0.29) is 6.61 Å². The molecule has 0 aliphatic heterocycles. The van der Waals surface area contributed by atoms with Gasteiger partial charge in [-0.15, -0.1) is 0 Å². The van der Waals surface area contributed by atoms with Gasteiger partial charge in [-0.2, -0.15) is 0 Å². The molecule has 2 rings (SSSR count). The highest BCUT2D eigenvalue weighted by atomic mass is 16.5. The second kappa shape index (κ2) is 7.32. The number of aliphatic hydroxyl groups is 1. The Morgan fingerprint density at radius 1 is 1.09 bits per heavy atom. The van der Waals surface area contributed by atoms with E-state index in [0.717, 1.165) is 29.5 Å². The summed E-state index contributed by atoms with van der Waals surface area (Å²) in [5.41, 5.74) is 11.0. The topological polar surface area (TPSA) is 55.5 Å². The third-order valence-corrected chi connectivity index (χ3v) is 3.92. The molecule has 118 valence electrons. The van der Waals surface area contributed by atoms with Gasteiger partial charge in [0.05, 0.1) is 5.69 Å². The Balaban J connectivity index is 2.13. The standard InChI is InChI=1S/C19H25NO2/c1-4-14-7-8-15(5-2)16(11-14)18(21)12-22-19-9-6-13(3)10-17(19)20/h6-11,18,21H,4-5,12,20H2,1-3H3. The van der Waals surface area contributed by atoms with Gasteiger partial charge in [-0.25, -0.2) is 0 Å². The van der Waals surface area contributed by atoms with E-state index in [0.29, 0.717) is 11.4 Å². The second-order valence-corrected chi connectivity index (χ2v) is 5.61. The third kappa shape index (κ3) is 3.80. The summed E-state index contributed by atoms with van der Waals surface area (Å²) in [4.78, 5) is 0. The Labute approximate surface area is 132 Å². The van der Waals surface area contributed by atoms with Crippen molar-refractivity contribution in [2.75, 3.05) is 12.3 Å². The van der Waals surface area contributed by atoms with Gasteiger partial charge in [-0.3, -0.25) is 0 Å². The molecular formula is C19H25NO2. The fourth-order valence-corrected chi connectivity index (χ4v) is 2.55. The first-order valence-corrected chi connectivity index (χ1v) is 7.83. The van der Waals surface area contributed by atoms with E-state index in [1.165, 1.54) is 5.56 Å². The summed E-state index contributed by atoms with van der Waals surface area (Å²) in [5.74, 6) is 0.620. The molecule has 0 saturated heterocycles. The van der Waals surface area contributed by atoms with E-state index < -0.39 is 6.10 Å². The number of anilines is 1. The van der Waals surface area contributed by atoms with Crippen molar-refractivity contribution < 1.29 is 9.84 Å². The minimum absolute atomic E-state index is 0.202. The van der Waals surface area contributed by atoms with E-state index in [2.05, 4.69) is 32.0 Å². The number of nitrogen functional groups attached to an aromatic ring is 1. The molecule has 1 atom stereocenters. The molecule has 0 saturated carbocycles. The predicted molar refractivity (Wildman–Crippen MR) is 91.2 cm³/mol. The summed E-state index contributed by atoms with van der Waals surface area (Å²) >= 11 is 0. The minimum atomic E-state index is -0.651. The van der Waals surface area contributed by atoms with Crippen LogP contribution in [0.5, 0.6) is 5.75 Å². The lowest BCUT2D eigenvalue weighted by Gasteiger charge is -2.18. The van der Waals surface area contributed by atoms with Crippen LogP contribution in [0.4, 0.5) is 5.69 Å². The lowest BCUT2D eigenvalue weighted by Crippen LogP contribution is -2.13. The lowest BCUT2D eigenvalue weighted by atomic mass is 9.97. The zero-order valence-corrected chi connectivity index (χ0v) is 13.6. The molecule has 2 aromatic rings. The smallest absolute Gasteiger partial charge is 0.142 e. The summed E-state index contributed by atoms with van der Waals surface area (Å²) in [6, 6.07) is 12.0. The SMILES string of the molecule is CCc1ccc(CC)c(C(O)COc2ccc(C)cc2N)c1. The maximum Gasteiger partial charge on any atom is 0.142 e. The van der Waals surface area contributed by atoms with E-state index >= 15 is 0 Å². The Bertz CT molecular complexity index is 637. The summed E-state index contributed by atoms with van der Waals surface area (Å²) < 4.78 is 5.71. The molecule has 0 bridgehead atoms. The second-order valence-electron chi connectivity index (χ2n) is 5.61. The average molecular weight is 299 g/mol. The first-order chi connectivity index (χ1) is 10.5. The molecule has 1 unspecified atom stereocenters. The van der Waals surface area contributed by atoms with Crippen LogP contribution in [-0.4, -0.2) is 11.7 Å². The van der Waals surface area contributed by atoms with Crippen LogP contribution in [0.25, 0.3) is 0 Å². The van der Waals surface area contributed by atoms with Crippen LogP contribution in [-0.2, 0) is 12.8 Å². The molecule has 0 aliphatic rings. The number of nitrogens with two attached hydrogens (primary N) is 1. The van der Waals surface area contributed by atoms with Gasteiger partial charge in [0.1, 0.15) is 18.5 Å². The fourth-order valence-electron chi connectivity index (χ4n) is 2.55. The Kier molecular flexibility index (Phi) is 5.45. The van der Waals surface area contributed by atoms with E-state index in [1.54, 1.807) is 0 Å². The Morgan fingerprint density at radius 3 is 2.50 bits per heavy atom. The van der Waals surface area contributed by atoms with Crippen LogP contribution in [0.15, 0.2) is 36.4 Å².